The second-order valence-corrected chi connectivity index (χ2v) is 7.54. The molecule has 2 rings (SSSR count). The Kier molecular flexibility index (Phi) is 4.04. The number of rotatable bonds is 4. The molecule has 1 atom stereocenters. The van der Waals surface area contributed by atoms with Crippen LogP contribution in [0.2, 0.25) is 0 Å². The summed E-state index contributed by atoms with van der Waals surface area (Å²) in [6.07, 6.45) is 1.08. The van der Waals surface area contributed by atoms with Gasteiger partial charge < -0.3 is 0 Å². The molecule has 3 amide bonds. The van der Waals surface area contributed by atoms with E-state index in [4.69, 9.17) is 0 Å². The van der Waals surface area contributed by atoms with Crippen LogP contribution in [0.25, 0.3) is 0 Å². The number of nitrogens with zero attached hydrogens (tertiary/aromatic N) is 2. The predicted molar refractivity (Wildman–Crippen MR) is 79.9 cm³/mol. The molecule has 1 fully saturated rings. The molecule has 0 spiro atoms. The topological polar surface area (TPSA) is 74.8 Å². The molecular formula is C14H18N2O4S. The van der Waals surface area contributed by atoms with Crippen molar-refractivity contribution >= 4 is 27.5 Å². The predicted octanol–water partition coefficient (Wildman–Crippen LogP) is 1.20. The fraction of sp³-hybridized carbons (Fsp3) is 0.429. The van der Waals surface area contributed by atoms with Crippen LogP contribution in [0.15, 0.2) is 24.3 Å². The Hall–Kier alpha value is -1.89. The number of carbonyl (C=O) groups is 2. The lowest BCUT2D eigenvalue weighted by Gasteiger charge is -2.19. The molecule has 1 heterocycles. The van der Waals surface area contributed by atoms with E-state index in [1.54, 1.807) is 19.1 Å². The van der Waals surface area contributed by atoms with E-state index in [1.165, 1.54) is 4.90 Å². The van der Waals surface area contributed by atoms with Gasteiger partial charge in [-0.15, -0.1) is 0 Å². The largest absolute Gasteiger partial charge is 0.332 e. The summed E-state index contributed by atoms with van der Waals surface area (Å²) >= 11 is 0. The zero-order valence-corrected chi connectivity index (χ0v) is 13.1. The van der Waals surface area contributed by atoms with Crippen LogP contribution in [-0.2, 0) is 14.6 Å². The highest BCUT2D eigenvalue weighted by Crippen LogP contribution is 2.25. The summed E-state index contributed by atoms with van der Waals surface area (Å²) in [5.74, 6) is -0.594. The Labute approximate surface area is 124 Å². The molecule has 7 heteroatoms. The second kappa shape index (κ2) is 5.48. The van der Waals surface area contributed by atoms with E-state index in [2.05, 4.69) is 0 Å². The Bertz CT molecular complexity index is 667. The van der Waals surface area contributed by atoms with Crippen molar-refractivity contribution in [2.75, 3.05) is 23.5 Å². The van der Waals surface area contributed by atoms with Crippen LogP contribution in [-0.4, -0.2) is 49.9 Å². The van der Waals surface area contributed by atoms with Gasteiger partial charge in [0.1, 0.15) is 15.9 Å². The van der Waals surface area contributed by atoms with E-state index in [0.29, 0.717) is 5.69 Å². The summed E-state index contributed by atoms with van der Waals surface area (Å²) in [5, 5.41) is 0. The summed E-state index contributed by atoms with van der Waals surface area (Å²) in [5.41, 5.74) is 1.69. The number of hydrogen-bond donors (Lipinski definition) is 0. The van der Waals surface area contributed by atoms with Crippen molar-refractivity contribution in [2.24, 2.45) is 0 Å². The number of anilines is 1. The number of amides is 3. The molecule has 0 bridgehead atoms. The zero-order valence-electron chi connectivity index (χ0n) is 12.2. The minimum absolute atomic E-state index is 0.108. The van der Waals surface area contributed by atoms with Crippen LogP contribution in [0.1, 0.15) is 12.5 Å². The summed E-state index contributed by atoms with van der Waals surface area (Å²) in [4.78, 5) is 26.9. The quantitative estimate of drug-likeness (QED) is 0.783. The monoisotopic (exact) mass is 310 g/mol. The van der Waals surface area contributed by atoms with Crippen LogP contribution in [0, 0.1) is 6.92 Å². The van der Waals surface area contributed by atoms with Crippen LogP contribution in [0.4, 0.5) is 10.5 Å². The van der Waals surface area contributed by atoms with Gasteiger partial charge >= 0.3 is 6.03 Å². The number of urea groups is 1. The van der Waals surface area contributed by atoms with Gasteiger partial charge in [0.25, 0.3) is 5.91 Å². The van der Waals surface area contributed by atoms with E-state index in [0.717, 1.165) is 16.7 Å². The minimum Gasteiger partial charge on any atom is -0.282 e. The standard InChI is InChI=1S/C14H18N2O4S/c1-10-4-6-12(7-5-10)16-11(2)13(17)15(14(16)18)8-9-21(3,19)20/h4-7,11H,8-9H2,1-3H3/t11-/m0/s1. The molecule has 1 saturated heterocycles. The summed E-state index contributed by atoms with van der Waals surface area (Å²) in [6.45, 7) is 3.46. The maximum atomic E-state index is 12.4. The van der Waals surface area contributed by atoms with Gasteiger partial charge in [0.15, 0.2) is 0 Å². The first-order valence-corrected chi connectivity index (χ1v) is 8.66. The van der Waals surface area contributed by atoms with Crippen molar-refractivity contribution in [1.29, 1.82) is 0 Å². The molecule has 1 aliphatic heterocycles. The molecule has 0 radical (unpaired) electrons. The molecule has 1 aromatic carbocycles. The third kappa shape index (κ3) is 3.24. The average Bonchev–Trinajstić information content (AvgIpc) is 2.59. The van der Waals surface area contributed by atoms with Crippen molar-refractivity contribution in [3.8, 4) is 0 Å². The van der Waals surface area contributed by atoms with E-state index in [1.807, 2.05) is 19.1 Å². The third-order valence-electron chi connectivity index (χ3n) is 3.45. The summed E-state index contributed by atoms with van der Waals surface area (Å²) in [7, 11) is -3.23. The normalized spacial score (nSPS) is 19.5. The molecule has 21 heavy (non-hydrogen) atoms. The van der Waals surface area contributed by atoms with E-state index >= 15 is 0 Å². The summed E-state index contributed by atoms with van der Waals surface area (Å²) in [6, 6.07) is 6.17. The first kappa shape index (κ1) is 15.5. The molecule has 0 unspecified atom stereocenters. The van der Waals surface area contributed by atoms with Gasteiger partial charge in [-0.25, -0.2) is 13.2 Å². The minimum atomic E-state index is -3.23. The Morgan fingerprint density at radius 1 is 1.14 bits per heavy atom. The highest BCUT2D eigenvalue weighted by Gasteiger charge is 2.43. The maximum Gasteiger partial charge on any atom is 0.332 e. The van der Waals surface area contributed by atoms with Gasteiger partial charge in [-0.2, -0.15) is 0 Å². The molecule has 1 aliphatic rings. The van der Waals surface area contributed by atoms with Gasteiger partial charge in [-0.3, -0.25) is 14.6 Å². The van der Waals surface area contributed by atoms with Crippen LogP contribution in [0.3, 0.4) is 0 Å². The first-order chi connectivity index (χ1) is 9.70. The van der Waals surface area contributed by atoms with Gasteiger partial charge in [-0.1, -0.05) is 17.7 Å². The molecular weight excluding hydrogens is 292 g/mol. The average molecular weight is 310 g/mol. The highest BCUT2D eigenvalue weighted by molar-refractivity contribution is 7.90. The van der Waals surface area contributed by atoms with Crippen molar-refractivity contribution in [2.45, 2.75) is 19.9 Å². The Morgan fingerprint density at radius 2 is 1.71 bits per heavy atom. The fourth-order valence-electron chi connectivity index (χ4n) is 2.23. The third-order valence-corrected chi connectivity index (χ3v) is 4.37. The van der Waals surface area contributed by atoms with Gasteiger partial charge in [0.2, 0.25) is 0 Å². The second-order valence-electron chi connectivity index (χ2n) is 5.28. The van der Waals surface area contributed by atoms with Gasteiger partial charge in [0, 0.05) is 18.5 Å². The Morgan fingerprint density at radius 3 is 2.24 bits per heavy atom. The number of carbonyl (C=O) groups excluding carboxylic acids is 2. The van der Waals surface area contributed by atoms with Crippen LogP contribution >= 0.6 is 0 Å². The number of benzene rings is 1. The number of sulfone groups is 1. The number of imide groups is 1. The Balaban J connectivity index is 2.24. The lowest BCUT2D eigenvalue weighted by atomic mass is 10.2. The van der Waals surface area contributed by atoms with Crippen LogP contribution in [0.5, 0.6) is 0 Å². The highest BCUT2D eigenvalue weighted by atomic mass is 32.2. The number of aryl methyl sites for hydroxylation is 1. The maximum absolute atomic E-state index is 12.4. The fourth-order valence-corrected chi connectivity index (χ4v) is 2.74. The van der Waals surface area contributed by atoms with Gasteiger partial charge in [0.05, 0.1) is 5.75 Å². The smallest absolute Gasteiger partial charge is 0.282 e. The van der Waals surface area contributed by atoms with Crippen molar-refractivity contribution in [3.05, 3.63) is 29.8 Å². The zero-order chi connectivity index (χ0) is 15.8. The van der Waals surface area contributed by atoms with Crippen molar-refractivity contribution in [3.63, 3.8) is 0 Å². The van der Waals surface area contributed by atoms with E-state index < -0.39 is 21.9 Å². The number of hydrogen-bond acceptors (Lipinski definition) is 4. The summed E-state index contributed by atoms with van der Waals surface area (Å²) < 4.78 is 22.4. The SMILES string of the molecule is Cc1ccc(N2C(=O)N(CCS(C)(=O)=O)C(=O)[C@@H]2C)cc1. The van der Waals surface area contributed by atoms with Gasteiger partial charge in [-0.05, 0) is 26.0 Å². The molecule has 114 valence electrons. The van der Waals surface area contributed by atoms with E-state index in [9.17, 15) is 18.0 Å². The molecule has 6 nitrogen and oxygen atoms in total. The van der Waals surface area contributed by atoms with Crippen molar-refractivity contribution < 1.29 is 18.0 Å². The lowest BCUT2D eigenvalue weighted by molar-refractivity contribution is -0.126. The van der Waals surface area contributed by atoms with E-state index in [-0.39, 0.29) is 18.2 Å². The molecule has 0 saturated carbocycles. The molecule has 0 aliphatic carbocycles. The lowest BCUT2D eigenvalue weighted by Crippen LogP contribution is -2.36. The molecule has 1 aromatic rings. The van der Waals surface area contributed by atoms with Crippen LogP contribution < -0.4 is 4.90 Å². The molecule has 0 aromatic heterocycles. The molecule has 0 N–H and O–H groups in total. The first-order valence-electron chi connectivity index (χ1n) is 6.59. The van der Waals surface area contributed by atoms with Crippen molar-refractivity contribution in [1.82, 2.24) is 4.90 Å².